The topological polar surface area (TPSA) is 246 Å². The van der Waals surface area contributed by atoms with Gasteiger partial charge in [-0.3, -0.25) is 8.74 Å². The Balaban J connectivity index is 1.95. The van der Waals surface area contributed by atoms with E-state index in [0.29, 0.717) is 12.0 Å². The molecule has 0 aliphatic heterocycles. The molecule has 0 fully saturated rings. The number of hydrogen-bond acceptors (Lipinski definition) is 17. The number of fused-ring (bicyclic) bond motifs is 1. The molecule has 0 atom stereocenters. The first-order chi connectivity index (χ1) is 18.0. The maximum atomic E-state index is 12.4. The molecule has 0 radical (unpaired) electrons. The third kappa shape index (κ3) is 7.49. The van der Waals surface area contributed by atoms with Gasteiger partial charge >= 0.3 is 0 Å². The maximum absolute atomic E-state index is 12.4. The smallest absolute Gasteiger partial charge is 0.296 e. The zero-order chi connectivity index (χ0) is 27.9. The summed E-state index contributed by atoms with van der Waals surface area (Å²) in [5.41, 5.74) is 5.25. The highest BCUT2D eigenvalue weighted by molar-refractivity contribution is 7.94. The molecule has 3 aromatic rings. The molecular weight excluding hydrogens is 594 g/mol. The fourth-order valence-electron chi connectivity index (χ4n) is 3.04. The van der Waals surface area contributed by atoms with Crippen LogP contribution in [0.15, 0.2) is 67.4 Å². The average Bonchev–Trinajstić information content (AvgIpc) is 2.86. The molecule has 0 saturated carbocycles. The number of nitrogen functional groups attached to an aromatic ring is 1. The van der Waals surface area contributed by atoms with Crippen molar-refractivity contribution in [3.63, 3.8) is 0 Å². The van der Waals surface area contributed by atoms with Gasteiger partial charge in [-0.25, -0.2) is 18.9 Å². The average molecular weight is 612 g/mol. The van der Waals surface area contributed by atoms with Crippen LogP contribution in [-0.4, -0.2) is 49.4 Å². The molecule has 0 aliphatic rings. The summed E-state index contributed by atoms with van der Waals surface area (Å²) in [4.78, 5) is -0.606. The van der Waals surface area contributed by atoms with Crippen LogP contribution in [0.2, 0.25) is 0 Å². The Morgan fingerprint density at radius 2 is 1.63 bits per heavy atom. The monoisotopic (exact) mass is 611 g/mol. The molecule has 0 aromatic heterocycles. The van der Waals surface area contributed by atoms with E-state index in [1.165, 1.54) is 36.4 Å². The van der Waals surface area contributed by atoms with Crippen molar-refractivity contribution in [1.29, 1.82) is 0 Å². The number of azo groups is 1. The summed E-state index contributed by atoms with van der Waals surface area (Å²) < 4.78 is 71.2. The molecule has 20 heteroatoms. The van der Waals surface area contributed by atoms with Crippen molar-refractivity contribution in [2.24, 2.45) is 10.2 Å². The van der Waals surface area contributed by atoms with Gasteiger partial charge in [-0.1, -0.05) is 10.1 Å². The van der Waals surface area contributed by atoms with Gasteiger partial charge in [0.1, 0.15) is 16.3 Å². The van der Waals surface area contributed by atoms with Gasteiger partial charge in [-0.05, 0) is 47.9 Å². The van der Waals surface area contributed by atoms with Crippen LogP contribution in [0.3, 0.4) is 0 Å². The normalized spacial score (nSPS) is 12.5. The third-order valence-electron chi connectivity index (χ3n) is 4.61. The highest BCUT2D eigenvalue weighted by Crippen LogP contribution is 2.44. The second-order valence-electron chi connectivity index (χ2n) is 6.92. The van der Waals surface area contributed by atoms with Gasteiger partial charge in [-0.15, -0.1) is 13.8 Å². The Bertz CT molecular complexity index is 1530. The van der Waals surface area contributed by atoms with Crippen molar-refractivity contribution in [2.75, 3.05) is 18.1 Å². The van der Waals surface area contributed by atoms with Crippen LogP contribution in [0.5, 0.6) is 5.75 Å². The van der Waals surface area contributed by atoms with Crippen molar-refractivity contribution in [1.82, 2.24) is 0 Å². The Kier molecular flexibility index (Phi) is 10.2. The van der Waals surface area contributed by atoms with Crippen molar-refractivity contribution in [2.45, 2.75) is 14.7 Å². The van der Waals surface area contributed by atoms with E-state index in [4.69, 9.17) is 20.4 Å². The van der Waals surface area contributed by atoms with Crippen molar-refractivity contribution in [3.8, 4) is 5.75 Å². The lowest BCUT2D eigenvalue weighted by Crippen LogP contribution is -2.10. The number of nitrogens with two attached hydrogens (primary N) is 1. The molecular formula is C18H17N3O13S4. The lowest BCUT2D eigenvalue weighted by molar-refractivity contribution is -0.434. The third-order valence-corrected chi connectivity index (χ3v) is 8.13. The number of benzene rings is 3. The van der Waals surface area contributed by atoms with Crippen LogP contribution in [0.1, 0.15) is 0 Å². The molecule has 0 amide bonds. The highest BCUT2D eigenvalue weighted by atomic mass is 32.2. The van der Waals surface area contributed by atoms with Crippen molar-refractivity contribution >= 4 is 72.2 Å². The summed E-state index contributed by atoms with van der Waals surface area (Å²) in [5.74, 6) is -0.845. The number of anilines is 1. The molecule has 6 N–H and O–H groups in total. The minimum atomic E-state index is -4.82. The number of sulfone groups is 1. The van der Waals surface area contributed by atoms with Gasteiger partial charge in [0.05, 0.1) is 46.1 Å². The molecule has 3 rings (SSSR count). The van der Waals surface area contributed by atoms with Gasteiger partial charge in [0.25, 0.3) is 10.1 Å². The van der Waals surface area contributed by atoms with E-state index in [0.717, 1.165) is 6.07 Å². The zero-order valence-corrected chi connectivity index (χ0v) is 21.8. The number of phenolic OH excluding ortho intramolecular Hbond substituents is 1. The van der Waals surface area contributed by atoms with Gasteiger partial charge in [0.2, 0.25) is 0 Å². The van der Waals surface area contributed by atoms with Crippen molar-refractivity contribution < 1.29 is 59.9 Å². The SMILES string of the molecule is Nc1c(S(=O)(=O)O)cc2cc(SOOO)cc(O)c2c1/N=N/c1ccc(S(=O)(=O)CCOSOOO)cc1. The number of hydrogen-bond donors (Lipinski definition) is 5. The molecule has 3 aromatic carbocycles. The highest BCUT2D eigenvalue weighted by Gasteiger charge is 2.22. The summed E-state index contributed by atoms with van der Waals surface area (Å²) in [6.45, 7) is -0.281. The summed E-state index contributed by atoms with van der Waals surface area (Å²) in [7, 11) is -8.58. The van der Waals surface area contributed by atoms with Crippen LogP contribution >= 0.6 is 24.4 Å². The first-order valence-corrected chi connectivity index (χ1v) is 14.2. The molecule has 0 heterocycles. The minimum Gasteiger partial charge on any atom is -0.507 e. The summed E-state index contributed by atoms with van der Waals surface area (Å²) in [5, 5.41) is 41.6. The van der Waals surface area contributed by atoms with Crippen LogP contribution in [0.25, 0.3) is 10.8 Å². The molecule has 0 spiro atoms. The summed E-state index contributed by atoms with van der Waals surface area (Å²) >= 11 is 0.722. The van der Waals surface area contributed by atoms with E-state index in [1.54, 1.807) is 0 Å². The number of aromatic hydroxyl groups is 1. The minimum absolute atomic E-state index is 0.0273. The van der Waals surface area contributed by atoms with E-state index in [-0.39, 0.29) is 50.9 Å². The van der Waals surface area contributed by atoms with E-state index in [2.05, 4.69) is 29.0 Å². The molecule has 0 unspecified atom stereocenters. The molecule has 38 heavy (non-hydrogen) atoms. The van der Waals surface area contributed by atoms with Gasteiger partial charge < -0.3 is 10.8 Å². The fourth-order valence-corrected chi connectivity index (χ4v) is 5.54. The molecule has 0 aliphatic carbocycles. The molecule has 16 nitrogen and oxygen atoms in total. The van der Waals surface area contributed by atoms with Crippen LogP contribution in [0.4, 0.5) is 17.1 Å². The van der Waals surface area contributed by atoms with Gasteiger partial charge in [0, 0.05) is 4.90 Å². The Morgan fingerprint density at radius 1 is 0.947 bits per heavy atom. The van der Waals surface area contributed by atoms with Crippen LogP contribution in [-0.2, 0) is 42.9 Å². The fraction of sp³-hybridized carbons (Fsp3) is 0.111. The zero-order valence-electron chi connectivity index (χ0n) is 18.5. The Morgan fingerprint density at radius 3 is 2.26 bits per heavy atom. The van der Waals surface area contributed by atoms with E-state index >= 15 is 0 Å². The number of nitrogens with zero attached hydrogens (tertiary/aromatic N) is 2. The quantitative estimate of drug-likeness (QED) is 0.0348. The predicted molar refractivity (Wildman–Crippen MR) is 132 cm³/mol. The van der Waals surface area contributed by atoms with E-state index in [9.17, 15) is 26.5 Å². The molecule has 206 valence electrons. The second kappa shape index (κ2) is 13.0. The van der Waals surface area contributed by atoms with E-state index < -0.39 is 42.0 Å². The second-order valence-corrected chi connectivity index (χ2v) is 11.7. The lowest BCUT2D eigenvalue weighted by Gasteiger charge is -2.12. The number of phenols is 1. The maximum Gasteiger partial charge on any atom is 0.296 e. The van der Waals surface area contributed by atoms with Crippen LogP contribution in [0, 0.1) is 0 Å². The standard InChI is InChI=1S/C18H17N3O13S4/c19-17-15(38(27,28)29)8-10-7-12(35-33-31-23)9-14(22)16(10)18(17)21-20-11-1-3-13(4-2-11)37(25,26)6-5-30-36-34-32-24/h1-4,7-9,22-24H,5-6,19H2,(H,27,28,29)/b21-20+. The first-order valence-electron chi connectivity index (χ1n) is 9.70. The largest absolute Gasteiger partial charge is 0.507 e. The lowest BCUT2D eigenvalue weighted by atomic mass is 10.1. The van der Waals surface area contributed by atoms with Crippen LogP contribution < -0.4 is 5.73 Å². The van der Waals surface area contributed by atoms with Gasteiger partial charge in [0.15, 0.2) is 22.2 Å². The summed E-state index contributed by atoms with van der Waals surface area (Å²) in [6, 6.07) is 8.60. The molecule has 0 bridgehead atoms. The predicted octanol–water partition coefficient (Wildman–Crippen LogP) is 3.99. The van der Waals surface area contributed by atoms with Crippen molar-refractivity contribution in [3.05, 3.63) is 42.5 Å². The van der Waals surface area contributed by atoms with Gasteiger partial charge in [-0.2, -0.15) is 13.5 Å². The first kappa shape index (κ1) is 29.9. The Hall–Kier alpha value is -2.60. The summed E-state index contributed by atoms with van der Waals surface area (Å²) in [6.07, 6.45) is 0. The number of rotatable bonds is 13. The molecule has 0 saturated heterocycles. The van der Waals surface area contributed by atoms with E-state index in [1.807, 2.05) is 0 Å². The Labute approximate surface area is 222 Å².